The Kier molecular flexibility index (Phi) is 7.11. The SMILES string of the molecule is O=C(CNc1cc(Cl)ccc1Cl)Nc1ccc(C(=O)NCc2ccccc2)cc1. The molecule has 0 aromatic heterocycles. The highest BCUT2D eigenvalue weighted by Gasteiger charge is 2.08. The van der Waals surface area contributed by atoms with Crippen molar-refractivity contribution in [2.75, 3.05) is 17.2 Å². The van der Waals surface area contributed by atoms with Gasteiger partial charge in [0.2, 0.25) is 5.91 Å². The summed E-state index contributed by atoms with van der Waals surface area (Å²) in [6.45, 7) is 0.481. The first kappa shape index (κ1) is 20.7. The van der Waals surface area contributed by atoms with Crippen molar-refractivity contribution >= 4 is 46.4 Å². The van der Waals surface area contributed by atoms with Crippen molar-refractivity contribution in [1.82, 2.24) is 5.32 Å². The molecule has 0 saturated heterocycles. The van der Waals surface area contributed by atoms with Crippen LogP contribution >= 0.6 is 23.2 Å². The smallest absolute Gasteiger partial charge is 0.251 e. The summed E-state index contributed by atoms with van der Waals surface area (Å²) in [5.74, 6) is -0.425. The van der Waals surface area contributed by atoms with Crippen LogP contribution in [0.5, 0.6) is 0 Å². The lowest BCUT2D eigenvalue weighted by Gasteiger charge is -2.10. The van der Waals surface area contributed by atoms with E-state index in [1.807, 2.05) is 30.3 Å². The van der Waals surface area contributed by atoms with Gasteiger partial charge in [-0.25, -0.2) is 0 Å². The molecule has 3 aromatic carbocycles. The minimum Gasteiger partial charge on any atom is -0.375 e. The Bertz CT molecular complexity index is 993. The van der Waals surface area contributed by atoms with Gasteiger partial charge in [0.1, 0.15) is 0 Å². The number of halogens is 2. The van der Waals surface area contributed by atoms with E-state index in [4.69, 9.17) is 23.2 Å². The molecule has 2 amide bonds. The summed E-state index contributed by atoms with van der Waals surface area (Å²) in [4.78, 5) is 24.4. The second kappa shape index (κ2) is 9.96. The predicted octanol–water partition coefficient (Wildman–Crippen LogP) is 4.97. The molecule has 3 aromatic rings. The van der Waals surface area contributed by atoms with Gasteiger partial charge in [-0.2, -0.15) is 0 Å². The molecule has 0 radical (unpaired) electrons. The number of nitrogens with one attached hydrogen (secondary N) is 3. The third-order valence-corrected chi connectivity index (χ3v) is 4.66. The molecule has 0 spiro atoms. The van der Waals surface area contributed by atoms with Crippen LogP contribution in [0.1, 0.15) is 15.9 Å². The van der Waals surface area contributed by atoms with E-state index < -0.39 is 0 Å². The molecule has 0 unspecified atom stereocenters. The lowest BCUT2D eigenvalue weighted by Crippen LogP contribution is -2.23. The molecular weight excluding hydrogens is 409 g/mol. The molecular formula is C22H19Cl2N3O2. The van der Waals surface area contributed by atoms with Crippen LogP contribution in [-0.4, -0.2) is 18.4 Å². The summed E-state index contributed by atoms with van der Waals surface area (Å²) >= 11 is 12.0. The first-order valence-corrected chi connectivity index (χ1v) is 9.68. The van der Waals surface area contributed by atoms with Gasteiger partial charge in [0.15, 0.2) is 0 Å². The van der Waals surface area contributed by atoms with Crippen molar-refractivity contribution in [2.45, 2.75) is 6.54 Å². The normalized spacial score (nSPS) is 10.3. The summed E-state index contributed by atoms with van der Waals surface area (Å²) in [5, 5.41) is 9.57. The molecule has 3 N–H and O–H groups in total. The number of carbonyl (C=O) groups is 2. The van der Waals surface area contributed by atoms with E-state index in [1.54, 1.807) is 42.5 Å². The third kappa shape index (κ3) is 6.24. The minimum atomic E-state index is -0.248. The topological polar surface area (TPSA) is 70.2 Å². The van der Waals surface area contributed by atoms with Crippen molar-refractivity contribution in [3.63, 3.8) is 0 Å². The maximum Gasteiger partial charge on any atom is 0.251 e. The average Bonchev–Trinajstić information content (AvgIpc) is 2.74. The number of benzene rings is 3. The molecule has 0 aliphatic heterocycles. The molecule has 0 aliphatic rings. The zero-order valence-corrected chi connectivity index (χ0v) is 16.9. The van der Waals surface area contributed by atoms with Gasteiger partial charge in [-0.15, -0.1) is 0 Å². The van der Waals surface area contributed by atoms with Crippen LogP contribution in [0.3, 0.4) is 0 Å². The molecule has 148 valence electrons. The van der Waals surface area contributed by atoms with E-state index >= 15 is 0 Å². The molecule has 0 aliphatic carbocycles. The van der Waals surface area contributed by atoms with E-state index in [2.05, 4.69) is 16.0 Å². The lowest BCUT2D eigenvalue weighted by molar-refractivity contribution is -0.114. The summed E-state index contributed by atoms with van der Waals surface area (Å²) in [5.41, 5.74) is 2.72. The van der Waals surface area contributed by atoms with Crippen molar-refractivity contribution in [3.8, 4) is 0 Å². The highest BCUT2D eigenvalue weighted by Crippen LogP contribution is 2.25. The largest absolute Gasteiger partial charge is 0.375 e. The van der Waals surface area contributed by atoms with Gasteiger partial charge in [-0.05, 0) is 48.0 Å². The number of carbonyl (C=O) groups excluding carboxylic acids is 2. The van der Waals surface area contributed by atoms with Crippen LogP contribution in [0.4, 0.5) is 11.4 Å². The van der Waals surface area contributed by atoms with Crippen molar-refractivity contribution in [1.29, 1.82) is 0 Å². The van der Waals surface area contributed by atoms with Gasteiger partial charge in [-0.3, -0.25) is 9.59 Å². The molecule has 0 saturated carbocycles. The number of anilines is 2. The van der Waals surface area contributed by atoms with Crippen LogP contribution in [0.15, 0.2) is 72.8 Å². The van der Waals surface area contributed by atoms with Crippen LogP contribution < -0.4 is 16.0 Å². The Balaban J connectivity index is 1.49. The Morgan fingerprint density at radius 2 is 1.59 bits per heavy atom. The standard InChI is InChI=1S/C22H19Cl2N3O2/c23-17-8-11-19(24)20(12-17)25-14-21(28)27-18-9-6-16(7-10-18)22(29)26-13-15-4-2-1-3-5-15/h1-12,25H,13-14H2,(H,26,29)(H,27,28). The fourth-order valence-electron chi connectivity index (χ4n) is 2.60. The molecule has 7 heteroatoms. The molecule has 0 heterocycles. The molecule has 0 bridgehead atoms. The molecule has 0 fully saturated rings. The Hall–Kier alpha value is -3.02. The number of hydrogen-bond donors (Lipinski definition) is 3. The number of amides is 2. The Morgan fingerprint density at radius 1 is 0.862 bits per heavy atom. The van der Waals surface area contributed by atoms with Crippen LogP contribution in [0, 0.1) is 0 Å². The van der Waals surface area contributed by atoms with E-state index in [1.165, 1.54) is 0 Å². The van der Waals surface area contributed by atoms with Crippen molar-refractivity contribution in [2.24, 2.45) is 0 Å². The summed E-state index contributed by atoms with van der Waals surface area (Å²) in [6, 6.07) is 21.4. The quantitative estimate of drug-likeness (QED) is 0.498. The van der Waals surface area contributed by atoms with Crippen LogP contribution in [-0.2, 0) is 11.3 Å². The summed E-state index contributed by atoms with van der Waals surface area (Å²) in [6.07, 6.45) is 0. The van der Waals surface area contributed by atoms with E-state index in [0.29, 0.717) is 33.5 Å². The summed E-state index contributed by atoms with van der Waals surface area (Å²) < 4.78 is 0. The number of hydrogen-bond acceptors (Lipinski definition) is 3. The first-order chi connectivity index (χ1) is 14.0. The van der Waals surface area contributed by atoms with E-state index in [9.17, 15) is 9.59 Å². The van der Waals surface area contributed by atoms with Crippen LogP contribution in [0.2, 0.25) is 10.0 Å². The highest BCUT2D eigenvalue weighted by molar-refractivity contribution is 6.35. The third-order valence-electron chi connectivity index (χ3n) is 4.09. The molecule has 0 atom stereocenters. The van der Waals surface area contributed by atoms with Gasteiger partial charge < -0.3 is 16.0 Å². The fourth-order valence-corrected chi connectivity index (χ4v) is 2.96. The summed E-state index contributed by atoms with van der Waals surface area (Å²) in [7, 11) is 0. The molecule has 29 heavy (non-hydrogen) atoms. The lowest BCUT2D eigenvalue weighted by atomic mass is 10.1. The molecule has 5 nitrogen and oxygen atoms in total. The van der Waals surface area contributed by atoms with Gasteiger partial charge >= 0.3 is 0 Å². The maximum absolute atomic E-state index is 12.2. The Labute approximate surface area is 179 Å². The second-order valence-electron chi connectivity index (χ2n) is 6.27. The Morgan fingerprint density at radius 3 is 2.31 bits per heavy atom. The van der Waals surface area contributed by atoms with Gasteiger partial charge in [0, 0.05) is 22.8 Å². The van der Waals surface area contributed by atoms with E-state index in [0.717, 1.165) is 5.56 Å². The molecule has 3 rings (SSSR count). The zero-order chi connectivity index (χ0) is 20.6. The zero-order valence-electron chi connectivity index (χ0n) is 15.4. The van der Waals surface area contributed by atoms with Gasteiger partial charge in [0.05, 0.1) is 17.3 Å². The highest BCUT2D eigenvalue weighted by atomic mass is 35.5. The predicted molar refractivity (Wildman–Crippen MR) is 118 cm³/mol. The van der Waals surface area contributed by atoms with Crippen molar-refractivity contribution < 1.29 is 9.59 Å². The minimum absolute atomic E-state index is 0.0272. The van der Waals surface area contributed by atoms with E-state index in [-0.39, 0.29) is 18.4 Å². The first-order valence-electron chi connectivity index (χ1n) is 8.92. The maximum atomic E-state index is 12.2. The van der Waals surface area contributed by atoms with Crippen molar-refractivity contribution in [3.05, 3.63) is 94.0 Å². The van der Waals surface area contributed by atoms with Crippen LogP contribution in [0.25, 0.3) is 0 Å². The second-order valence-corrected chi connectivity index (χ2v) is 7.12. The monoisotopic (exact) mass is 427 g/mol. The fraction of sp³-hybridized carbons (Fsp3) is 0.0909. The van der Waals surface area contributed by atoms with Gasteiger partial charge in [-0.1, -0.05) is 53.5 Å². The van der Waals surface area contributed by atoms with Gasteiger partial charge in [0.25, 0.3) is 5.91 Å². The number of rotatable bonds is 7. The average molecular weight is 428 g/mol.